The van der Waals surface area contributed by atoms with Gasteiger partial charge in [0.25, 0.3) is 0 Å². The van der Waals surface area contributed by atoms with Gasteiger partial charge in [0.05, 0.1) is 0 Å². The van der Waals surface area contributed by atoms with Gasteiger partial charge in [0, 0.05) is 13.0 Å². The third kappa shape index (κ3) is 7.28. The number of nitrogens with one attached hydrogen (secondary N) is 1. The Morgan fingerprint density at radius 2 is 1.81 bits per heavy atom. The Morgan fingerprint density at radius 3 is 2.19 bits per heavy atom. The lowest BCUT2D eigenvalue weighted by atomic mass is 10.4. The van der Waals surface area contributed by atoms with Gasteiger partial charge in [-0.05, 0) is 7.05 Å². The third-order valence-corrected chi connectivity index (χ3v) is 1.27. The van der Waals surface area contributed by atoms with E-state index in [9.17, 15) is 8.78 Å². The molecule has 0 aromatic carbocycles. The van der Waals surface area contributed by atoms with Crippen molar-refractivity contribution in [2.24, 2.45) is 0 Å². The topological polar surface area (TPSA) is 51.0 Å². The molecule has 1 rings (SSSR count). The van der Waals surface area contributed by atoms with E-state index < -0.39 is 12.2 Å². The van der Waals surface area contributed by atoms with Crippen molar-refractivity contribution >= 4 is 0 Å². The molecule has 1 aromatic rings. The highest BCUT2D eigenvalue weighted by atomic mass is 19.3. The molecule has 0 aliphatic heterocycles. The number of hydrogen-bond donors (Lipinski definition) is 1. The van der Waals surface area contributed by atoms with Crippen LogP contribution in [0, 0.1) is 0 Å². The molecule has 0 bridgehead atoms. The Labute approximate surface area is 95.4 Å². The fraction of sp³-hybridized carbons (Fsp3) is 0.800. The van der Waals surface area contributed by atoms with E-state index >= 15 is 0 Å². The Bertz CT molecular complexity index is 242. The van der Waals surface area contributed by atoms with Gasteiger partial charge in [-0.3, -0.25) is 0 Å². The number of nitrogens with zero attached hydrogens (tertiary/aromatic N) is 2. The van der Waals surface area contributed by atoms with Crippen molar-refractivity contribution < 1.29 is 13.3 Å². The van der Waals surface area contributed by atoms with Crippen molar-refractivity contribution in [3.8, 4) is 0 Å². The maximum Gasteiger partial charge on any atom is 0.300 e. The van der Waals surface area contributed by atoms with E-state index in [2.05, 4.69) is 20.0 Å². The highest BCUT2D eigenvalue weighted by Gasteiger charge is 2.14. The van der Waals surface area contributed by atoms with Crippen LogP contribution in [0.3, 0.4) is 0 Å². The van der Waals surface area contributed by atoms with E-state index in [1.165, 1.54) is 0 Å². The van der Waals surface area contributed by atoms with Crippen molar-refractivity contribution in [3.63, 3.8) is 0 Å². The predicted molar refractivity (Wildman–Crippen MR) is 59.6 cm³/mol. The van der Waals surface area contributed by atoms with Gasteiger partial charge in [0.2, 0.25) is 11.7 Å². The van der Waals surface area contributed by atoms with Crippen LogP contribution in [0.2, 0.25) is 0 Å². The second-order valence-electron chi connectivity index (χ2n) is 2.20. The molecule has 0 amide bonds. The first-order valence-electron chi connectivity index (χ1n) is 5.49. The highest BCUT2D eigenvalue weighted by molar-refractivity contribution is 4.87. The van der Waals surface area contributed by atoms with Crippen LogP contribution in [0.4, 0.5) is 8.78 Å². The lowest BCUT2D eigenvalue weighted by Crippen LogP contribution is -2.10. The Balaban J connectivity index is 0. The molecule has 4 nitrogen and oxygen atoms in total. The van der Waals surface area contributed by atoms with Crippen LogP contribution in [-0.2, 0) is 6.42 Å². The van der Waals surface area contributed by atoms with Crippen LogP contribution in [0.15, 0.2) is 4.52 Å². The summed E-state index contributed by atoms with van der Waals surface area (Å²) < 4.78 is 28.4. The minimum atomic E-state index is -2.66. The van der Waals surface area contributed by atoms with E-state index in [0.717, 1.165) is 0 Å². The van der Waals surface area contributed by atoms with E-state index in [1.54, 1.807) is 7.05 Å². The van der Waals surface area contributed by atoms with Crippen LogP contribution in [-0.4, -0.2) is 23.7 Å². The Kier molecular flexibility index (Phi) is 13.1. The van der Waals surface area contributed by atoms with Gasteiger partial charge in [0.1, 0.15) is 0 Å². The summed E-state index contributed by atoms with van der Waals surface area (Å²) in [5.74, 6) is -0.305. The lowest BCUT2D eigenvalue weighted by molar-refractivity contribution is 0.136. The summed E-state index contributed by atoms with van der Waals surface area (Å²) in [6.45, 7) is 8.63. The van der Waals surface area contributed by atoms with Gasteiger partial charge in [-0.1, -0.05) is 32.9 Å². The van der Waals surface area contributed by atoms with Crippen LogP contribution in [0.5, 0.6) is 0 Å². The minimum absolute atomic E-state index is 0.236. The summed E-state index contributed by atoms with van der Waals surface area (Å²) in [6.07, 6.45) is -2.19. The molecule has 0 aliphatic rings. The van der Waals surface area contributed by atoms with E-state index in [-0.39, 0.29) is 5.89 Å². The predicted octanol–water partition coefficient (Wildman–Crippen LogP) is 2.82. The molecule has 1 aromatic heterocycles. The molecule has 96 valence electrons. The summed E-state index contributed by atoms with van der Waals surface area (Å²) in [5, 5.41) is 5.94. The molecule has 0 aliphatic carbocycles. The first-order valence-corrected chi connectivity index (χ1v) is 5.49. The second-order valence-corrected chi connectivity index (χ2v) is 2.20. The molecule has 0 saturated carbocycles. The molecule has 6 heteroatoms. The number of likely N-dealkylation sites (N-methyl/N-ethyl adjacent to an activating group) is 1. The Morgan fingerprint density at radius 1 is 1.25 bits per heavy atom. The molecular weight excluding hydrogens is 216 g/mol. The van der Waals surface area contributed by atoms with Gasteiger partial charge in [-0.25, -0.2) is 8.78 Å². The van der Waals surface area contributed by atoms with E-state index in [4.69, 9.17) is 0 Å². The highest BCUT2D eigenvalue weighted by Crippen LogP contribution is 2.14. The van der Waals surface area contributed by atoms with Crippen LogP contribution in [0.1, 0.15) is 45.8 Å². The van der Waals surface area contributed by atoms with E-state index in [0.29, 0.717) is 13.0 Å². The van der Waals surface area contributed by atoms with Gasteiger partial charge in [-0.2, -0.15) is 4.98 Å². The Hall–Kier alpha value is -1.04. The lowest BCUT2D eigenvalue weighted by Gasteiger charge is -1.90. The monoisotopic (exact) mass is 237 g/mol. The zero-order valence-corrected chi connectivity index (χ0v) is 10.6. The van der Waals surface area contributed by atoms with Gasteiger partial charge in [0.15, 0.2) is 0 Å². The SMILES string of the molecule is CC.CC.CNCCc1nc(C(F)F)no1. The number of rotatable bonds is 4. The maximum atomic E-state index is 11.9. The van der Waals surface area contributed by atoms with Crippen molar-refractivity contribution in [1.29, 1.82) is 0 Å². The smallest absolute Gasteiger partial charge is 0.300 e. The normalized spacial score (nSPS) is 9.00. The van der Waals surface area contributed by atoms with Crippen LogP contribution >= 0.6 is 0 Å². The number of halogens is 2. The number of alkyl halides is 2. The first-order chi connectivity index (χ1) is 7.74. The minimum Gasteiger partial charge on any atom is -0.339 e. The van der Waals surface area contributed by atoms with Gasteiger partial charge in [-0.15, -0.1) is 0 Å². The third-order valence-electron chi connectivity index (χ3n) is 1.27. The molecule has 0 unspecified atom stereocenters. The number of aromatic nitrogens is 2. The van der Waals surface area contributed by atoms with Crippen molar-refractivity contribution in [2.75, 3.05) is 13.6 Å². The molecular formula is C10H21F2N3O. The summed E-state index contributed by atoms with van der Waals surface area (Å²) >= 11 is 0. The molecule has 1 N–H and O–H groups in total. The first kappa shape index (κ1) is 17.4. The van der Waals surface area contributed by atoms with Crippen LogP contribution < -0.4 is 5.32 Å². The van der Waals surface area contributed by atoms with Crippen molar-refractivity contribution in [2.45, 2.75) is 40.5 Å². The summed E-state index contributed by atoms with van der Waals surface area (Å²) in [7, 11) is 1.75. The standard InChI is InChI=1S/C6H9F2N3O.2C2H6/c1-9-3-2-4-10-6(5(7)8)11-12-4;2*1-2/h5,9H,2-3H2,1H3;2*1-2H3. The summed E-state index contributed by atoms with van der Waals surface area (Å²) in [4.78, 5) is 3.48. The van der Waals surface area contributed by atoms with Crippen molar-refractivity contribution in [3.05, 3.63) is 11.7 Å². The molecule has 0 spiro atoms. The van der Waals surface area contributed by atoms with Crippen LogP contribution in [0.25, 0.3) is 0 Å². The van der Waals surface area contributed by atoms with E-state index in [1.807, 2.05) is 27.7 Å². The molecule has 1 heterocycles. The molecule has 0 radical (unpaired) electrons. The molecule has 0 saturated heterocycles. The molecule has 0 atom stereocenters. The fourth-order valence-corrected chi connectivity index (χ4v) is 0.690. The fourth-order valence-electron chi connectivity index (χ4n) is 0.690. The average Bonchev–Trinajstić information content (AvgIpc) is 2.80. The summed E-state index contributed by atoms with van der Waals surface area (Å²) in [5.41, 5.74) is 0. The van der Waals surface area contributed by atoms with Gasteiger partial charge >= 0.3 is 6.43 Å². The van der Waals surface area contributed by atoms with Crippen molar-refractivity contribution in [1.82, 2.24) is 15.5 Å². The quantitative estimate of drug-likeness (QED) is 0.874. The molecule has 0 fully saturated rings. The maximum absolute atomic E-state index is 11.9. The number of hydrogen-bond acceptors (Lipinski definition) is 4. The zero-order valence-electron chi connectivity index (χ0n) is 10.6. The second kappa shape index (κ2) is 12.0. The largest absolute Gasteiger partial charge is 0.339 e. The average molecular weight is 237 g/mol. The zero-order chi connectivity index (χ0) is 13.0. The van der Waals surface area contributed by atoms with Gasteiger partial charge < -0.3 is 9.84 Å². The summed E-state index contributed by atoms with van der Waals surface area (Å²) in [6, 6.07) is 0. The molecule has 16 heavy (non-hydrogen) atoms.